The van der Waals surface area contributed by atoms with Crippen LogP contribution in [0.5, 0.6) is 0 Å². The maximum Gasteiger partial charge on any atom is 0.141 e. The molecule has 0 bridgehead atoms. The third kappa shape index (κ3) is 3.51. The Bertz CT molecular complexity index is 536. The number of nitrogens with zero attached hydrogens (tertiary/aromatic N) is 3. The van der Waals surface area contributed by atoms with Gasteiger partial charge in [0, 0.05) is 26.0 Å². The highest BCUT2D eigenvalue weighted by Gasteiger charge is 2.03. The zero-order valence-corrected chi connectivity index (χ0v) is 10.9. The molecule has 2 aromatic rings. The van der Waals surface area contributed by atoms with E-state index in [0.29, 0.717) is 5.69 Å². The minimum atomic E-state index is -0.00834. The van der Waals surface area contributed by atoms with E-state index in [9.17, 15) is 0 Å². The van der Waals surface area contributed by atoms with Gasteiger partial charge < -0.3 is 10.6 Å². The molecule has 0 unspecified atom stereocenters. The van der Waals surface area contributed by atoms with Gasteiger partial charge in [0.15, 0.2) is 0 Å². The number of pyridine rings is 2. The molecular formula is C14H17N5. The quantitative estimate of drug-likeness (QED) is 0.626. The lowest BCUT2D eigenvalue weighted by atomic mass is 10.2. The fraction of sp³-hybridized carbons (Fsp3) is 0.214. The second-order valence-corrected chi connectivity index (χ2v) is 4.34. The number of nitrogens with two attached hydrogens (primary N) is 1. The molecule has 2 rings (SSSR count). The highest BCUT2D eigenvalue weighted by atomic mass is 15.1. The van der Waals surface area contributed by atoms with Crippen LogP contribution in [0.15, 0.2) is 42.9 Å². The lowest BCUT2D eigenvalue weighted by molar-refractivity contribution is 0.871. The van der Waals surface area contributed by atoms with Crippen LogP contribution in [-0.4, -0.2) is 29.4 Å². The number of aromatic nitrogens is 2. The van der Waals surface area contributed by atoms with E-state index in [1.54, 1.807) is 24.7 Å². The monoisotopic (exact) mass is 255 g/mol. The summed E-state index contributed by atoms with van der Waals surface area (Å²) in [6.07, 6.45) is 6.30. The first-order valence-electron chi connectivity index (χ1n) is 6.07. The van der Waals surface area contributed by atoms with E-state index >= 15 is 0 Å². The van der Waals surface area contributed by atoms with Crippen molar-refractivity contribution in [3.8, 4) is 0 Å². The van der Waals surface area contributed by atoms with Crippen molar-refractivity contribution in [2.75, 3.05) is 18.5 Å². The predicted molar refractivity (Wildman–Crippen MR) is 76.5 cm³/mol. The zero-order valence-electron chi connectivity index (χ0n) is 10.9. The summed E-state index contributed by atoms with van der Waals surface area (Å²) >= 11 is 0. The molecule has 0 aliphatic rings. The molecular weight excluding hydrogens is 238 g/mol. The van der Waals surface area contributed by atoms with Crippen molar-refractivity contribution in [2.24, 2.45) is 5.73 Å². The van der Waals surface area contributed by atoms with Gasteiger partial charge in [-0.2, -0.15) is 0 Å². The van der Waals surface area contributed by atoms with Crippen LogP contribution < -0.4 is 10.6 Å². The first-order chi connectivity index (χ1) is 9.16. The average molecular weight is 255 g/mol. The van der Waals surface area contributed by atoms with Crippen LogP contribution in [0, 0.1) is 5.41 Å². The number of anilines is 1. The number of hydrogen-bond acceptors (Lipinski definition) is 4. The molecule has 0 aromatic carbocycles. The Morgan fingerprint density at radius 2 is 2.00 bits per heavy atom. The maximum absolute atomic E-state index is 7.30. The molecule has 0 amide bonds. The van der Waals surface area contributed by atoms with E-state index < -0.39 is 0 Å². The van der Waals surface area contributed by atoms with Crippen LogP contribution in [0.4, 0.5) is 5.69 Å². The molecule has 0 spiro atoms. The largest absolute Gasteiger partial charge is 0.382 e. The summed E-state index contributed by atoms with van der Waals surface area (Å²) in [5.41, 5.74) is 8.15. The van der Waals surface area contributed by atoms with Crippen molar-refractivity contribution < 1.29 is 0 Å². The predicted octanol–water partition coefficient (Wildman–Crippen LogP) is 1.44. The molecule has 0 radical (unpaired) electrons. The van der Waals surface area contributed by atoms with Gasteiger partial charge in [-0.25, -0.2) is 0 Å². The van der Waals surface area contributed by atoms with E-state index in [1.807, 2.05) is 25.2 Å². The normalized spacial score (nSPS) is 10.2. The second-order valence-electron chi connectivity index (χ2n) is 4.34. The minimum absolute atomic E-state index is 0.00834. The Balaban J connectivity index is 1.96. The summed E-state index contributed by atoms with van der Waals surface area (Å²) in [6.45, 7) is 0.894. The Morgan fingerprint density at radius 1 is 1.26 bits per heavy atom. The first-order valence-corrected chi connectivity index (χ1v) is 6.07. The summed E-state index contributed by atoms with van der Waals surface area (Å²) in [7, 11) is 2.02. The third-order valence-corrected chi connectivity index (χ3v) is 2.95. The van der Waals surface area contributed by atoms with E-state index in [2.05, 4.69) is 14.9 Å². The van der Waals surface area contributed by atoms with E-state index in [-0.39, 0.29) is 5.84 Å². The van der Waals surface area contributed by atoms with Crippen molar-refractivity contribution in [2.45, 2.75) is 6.42 Å². The Hall–Kier alpha value is -2.43. The van der Waals surface area contributed by atoms with Gasteiger partial charge in [-0.3, -0.25) is 15.4 Å². The highest BCUT2D eigenvalue weighted by molar-refractivity contribution is 5.93. The molecule has 0 aliphatic carbocycles. The van der Waals surface area contributed by atoms with Crippen LogP contribution in [-0.2, 0) is 6.42 Å². The molecule has 5 nitrogen and oxygen atoms in total. The molecule has 3 N–H and O–H groups in total. The van der Waals surface area contributed by atoms with Gasteiger partial charge in [0.25, 0.3) is 0 Å². The summed E-state index contributed by atoms with van der Waals surface area (Å²) in [6, 6.07) is 7.73. The van der Waals surface area contributed by atoms with Gasteiger partial charge in [-0.15, -0.1) is 0 Å². The molecule has 0 aliphatic heterocycles. The Morgan fingerprint density at radius 3 is 2.58 bits per heavy atom. The van der Waals surface area contributed by atoms with Crippen molar-refractivity contribution in [1.29, 1.82) is 5.41 Å². The molecule has 0 saturated heterocycles. The van der Waals surface area contributed by atoms with E-state index in [0.717, 1.165) is 18.7 Å². The van der Waals surface area contributed by atoms with Gasteiger partial charge in [-0.05, 0) is 36.2 Å². The van der Waals surface area contributed by atoms with Crippen molar-refractivity contribution in [3.05, 3.63) is 54.1 Å². The SMILES string of the molecule is CN(CCc1ccncc1)c1ccc(C(=N)N)nc1. The third-order valence-electron chi connectivity index (χ3n) is 2.95. The molecule has 19 heavy (non-hydrogen) atoms. The minimum Gasteiger partial charge on any atom is -0.382 e. The van der Waals surface area contributed by atoms with Crippen molar-refractivity contribution in [1.82, 2.24) is 9.97 Å². The average Bonchev–Trinajstić information content (AvgIpc) is 2.46. The maximum atomic E-state index is 7.30. The lowest BCUT2D eigenvalue weighted by Gasteiger charge is -2.19. The Labute approximate surface area is 112 Å². The van der Waals surface area contributed by atoms with Crippen LogP contribution in [0.25, 0.3) is 0 Å². The molecule has 5 heteroatoms. The van der Waals surface area contributed by atoms with Crippen molar-refractivity contribution >= 4 is 11.5 Å². The summed E-state index contributed by atoms with van der Waals surface area (Å²) in [5, 5.41) is 7.30. The second kappa shape index (κ2) is 5.95. The van der Waals surface area contributed by atoms with Crippen LogP contribution in [0.2, 0.25) is 0 Å². The number of likely N-dealkylation sites (N-methyl/N-ethyl adjacent to an activating group) is 1. The number of hydrogen-bond donors (Lipinski definition) is 2. The molecule has 0 saturated carbocycles. The lowest BCUT2D eigenvalue weighted by Crippen LogP contribution is -2.21. The summed E-state index contributed by atoms with van der Waals surface area (Å²) in [4.78, 5) is 10.3. The molecule has 2 heterocycles. The summed E-state index contributed by atoms with van der Waals surface area (Å²) in [5.74, 6) is -0.00834. The molecule has 0 atom stereocenters. The zero-order chi connectivity index (χ0) is 13.7. The van der Waals surface area contributed by atoms with Crippen LogP contribution in [0.3, 0.4) is 0 Å². The highest BCUT2D eigenvalue weighted by Crippen LogP contribution is 2.12. The summed E-state index contributed by atoms with van der Waals surface area (Å²) < 4.78 is 0. The van der Waals surface area contributed by atoms with Crippen LogP contribution >= 0.6 is 0 Å². The smallest absolute Gasteiger partial charge is 0.141 e. The van der Waals surface area contributed by atoms with Gasteiger partial charge in [0.05, 0.1) is 11.9 Å². The number of amidine groups is 1. The Kier molecular flexibility index (Phi) is 4.07. The molecule has 0 fully saturated rings. The van der Waals surface area contributed by atoms with E-state index in [4.69, 9.17) is 11.1 Å². The first kappa shape index (κ1) is 13.0. The fourth-order valence-corrected chi connectivity index (χ4v) is 1.75. The fourth-order valence-electron chi connectivity index (χ4n) is 1.75. The molecule has 98 valence electrons. The standard InChI is InChI=1S/C14H17N5/c1-19(9-6-11-4-7-17-8-5-11)12-2-3-13(14(15)16)18-10-12/h2-5,7-8,10H,6,9H2,1H3,(H3,15,16). The van der Waals surface area contributed by atoms with Gasteiger partial charge in [0.1, 0.15) is 11.5 Å². The van der Waals surface area contributed by atoms with Gasteiger partial charge >= 0.3 is 0 Å². The number of nitrogens with one attached hydrogen (secondary N) is 1. The van der Waals surface area contributed by atoms with Gasteiger partial charge in [0.2, 0.25) is 0 Å². The van der Waals surface area contributed by atoms with Gasteiger partial charge in [-0.1, -0.05) is 0 Å². The topological polar surface area (TPSA) is 78.9 Å². The van der Waals surface area contributed by atoms with Crippen LogP contribution in [0.1, 0.15) is 11.3 Å². The number of rotatable bonds is 5. The molecule has 2 aromatic heterocycles. The van der Waals surface area contributed by atoms with Crippen molar-refractivity contribution in [3.63, 3.8) is 0 Å². The number of nitrogen functional groups attached to an aromatic ring is 1. The van der Waals surface area contributed by atoms with E-state index in [1.165, 1.54) is 5.56 Å².